The number of nitrogen functional groups attached to an aromatic ring is 1. The highest BCUT2D eigenvalue weighted by Crippen LogP contribution is 2.16. The maximum Gasteiger partial charge on any atom is 0.240 e. The molecule has 0 radical (unpaired) electrons. The Morgan fingerprint density at radius 3 is 2.42 bits per heavy atom. The molecule has 0 spiro atoms. The Morgan fingerprint density at radius 2 is 1.79 bits per heavy atom. The van der Waals surface area contributed by atoms with Crippen LogP contribution in [0.1, 0.15) is 11.1 Å². The number of hydrogen-bond donors (Lipinski definition) is 2. The molecule has 2 aromatic rings. The van der Waals surface area contributed by atoms with E-state index in [9.17, 15) is 8.42 Å². The van der Waals surface area contributed by atoms with Crippen molar-refractivity contribution in [1.82, 2.24) is 4.72 Å². The van der Waals surface area contributed by atoms with Gasteiger partial charge in [0.05, 0.1) is 4.90 Å². The number of rotatable bonds is 4. The standard InChI is InChI=1S/C14H16N2O2S/c1-11-7-13(15)9-14(8-11)19(17,18)16-10-12-5-3-2-4-6-12/h2-9,16H,10,15H2,1H3. The predicted octanol–water partition coefficient (Wildman–Crippen LogP) is 2.06. The highest BCUT2D eigenvalue weighted by molar-refractivity contribution is 7.89. The molecular formula is C14H16N2O2S. The van der Waals surface area contributed by atoms with Crippen molar-refractivity contribution in [2.75, 3.05) is 5.73 Å². The zero-order chi connectivity index (χ0) is 13.9. The molecule has 0 saturated carbocycles. The van der Waals surface area contributed by atoms with Crippen LogP contribution in [0.4, 0.5) is 5.69 Å². The number of sulfonamides is 1. The smallest absolute Gasteiger partial charge is 0.240 e. The molecule has 100 valence electrons. The number of nitrogens with one attached hydrogen (secondary N) is 1. The van der Waals surface area contributed by atoms with Crippen molar-refractivity contribution < 1.29 is 8.42 Å². The third-order valence-electron chi connectivity index (χ3n) is 2.69. The first kappa shape index (κ1) is 13.6. The van der Waals surface area contributed by atoms with Crippen LogP contribution in [0.25, 0.3) is 0 Å². The van der Waals surface area contributed by atoms with Crippen LogP contribution >= 0.6 is 0 Å². The summed E-state index contributed by atoms with van der Waals surface area (Å²) in [5.41, 5.74) is 7.84. The zero-order valence-corrected chi connectivity index (χ0v) is 11.4. The SMILES string of the molecule is Cc1cc(N)cc(S(=O)(=O)NCc2ccccc2)c1. The largest absolute Gasteiger partial charge is 0.399 e. The molecule has 3 N–H and O–H groups in total. The first-order valence-corrected chi connectivity index (χ1v) is 7.36. The average Bonchev–Trinajstić information content (AvgIpc) is 2.37. The van der Waals surface area contributed by atoms with Crippen LogP contribution in [0.3, 0.4) is 0 Å². The number of hydrogen-bond acceptors (Lipinski definition) is 3. The van der Waals surface area contributed by atoms with Crippen LogP contribution in [-0.2, 0) is 16.6 Å². The number of benzene rings is 2. The third kappa shape index (κ3) is 3.56. The van der Waals surface area contributed by atoms with Crippen LogP contribution in [0.15, 0.2) is 53.4 Å². The maximum atomic E-state index is 12.1. The summed E-state index contributed by atoms with van der Waals surface area (Å²) in [6, 6.07) is 14.2. The van der Waals surface area contributed by atoms with Gasteiger partial charge in [0, 0.05) is 12.2 Å². The fraction of sp³-hybridized carbons (Fsp3) is 0.143. The molecule has 0 aliphatic rings. The number of aryl methyl sites for hydroxylation is 1. The lowest BCUT2D eigenvalue weighted by Gasteiger charge is -2.08. The van der Waals surface area contributed by atoms with Crippen molar-refractivity contribution >= 4 is 15.7 Å². The first-order chi connectivity index (χ1) is 8.97. The normalized spacial score (nSPS) is 11.4. The van der Waals surface area contributed by atoms with Crippen molar-refractivity contribution in [1.29, 1.82) is 0 Å². The van der Waals surface area contributed by atoms with Gasteiger partial charge in [-0.05, 0) is 36.2 Å². The van der Waals surface area contributed by atoms with Crippen LogP contribution in [-0.4, -0.2) is 8.42 Å². The van der Waals surface area contributed by atoms with Gasteiger partial charge in [0.15, 0.2) is 0 Å². The second kappa shape index (κ2) is 5.42. The fourth-order valence-corrected chi connectivity index (χ4v) is 2.94. The van der Waals surface area contributed by atoms with E-state index in [-0.39, 0.29) is 11.4 Å². The lowest BCUT2D eigenvalue weighted by molar-refractivity contribution is 0.581. The van der Waals surface area contributed by atoms with Crippen LogP contribution in [0.5, 0.6) is 0 Å². The molecule has 5 heteroatoms. The second-order valence-electron chi connectivity index (χ2n) is 4.39. The molecule has 0 aromatic heterocycles. The fourth-order valence-electron chi connectivity index (χ4n) is 1.79. The lowest BCUT2D eigenvalue weighted by atomic mass is 10.2. The molecule has 0 amide bonds. The summed E-state index contributed by atoms with van der Waals surface area (Å²) in [7, 11) is -3.53. The van der Waals surface area contributed by atoms with Gasteiger partial charge in [-0.3, -0.25) is 0 Å². The highest BCUT2D eigenvalue weighted by atomic mass is 32.2. The molecule has 0 bridgehead atoms. The Kier molecular flexibility index (Phi) is 3.87. The summed E-state index contributed by atoms with van der Waals surface area (Å²) < 4.78 is 26.8. The number of nitrogens with two attached hydrogens (primary N) is 1. The summed E-state index contributed by atoms with van der Waals surface area (Å²) in [6.07, 6.45) is 0. The minimum absolute atomic E-state index is 0.195. The lowest BCUT2D eigenvalue weighted by Crippen LogP contribution is -2.23. The quantitative estimate of drug-likeness (QED) is 0.840. The molecule has 2 rings (SSSR count). The molecule has 19 heavy (non-hydrogen) atoms. The van der Waals surface area contributed by atoms with E-state index >= 15 is 0 Å². The molecule has 0 heterocycles. The van der Waals surface area contributed by atoms with Gasteiger partial charge >= 0.3 is 0 Å². The molecule has 0 aliphatic heterocycles. The highest BCUT2D eigenvalue weighted by Gasteiger charge is 2.14. The van der Waals surface area contributed by atoms with E-state index in [1.54, 1.807) is 12.1 Å². The van der Waals surface area contributed by atoms with E-state index in [2.05, 4.69) is 4.72 Å². The van der Waals surface area contributed by atoms with Crippen LogP contribution < -0.4 is 10.5 Å². The third-order valence-corrected chi connectivity index (χ3v) is 4.07. The summed E-state index contributed by atoms with van der Waals surface area (Å²) in [5.74, 6) is 0. The molecule has 0 atom stereocenters. The summed E-state index contributed by atoms with van der Waals surface area (Å²) >= 11 is 0. The molecule has 0 fully saturated rings. The number of anilines is 1. The summed E-state index contributed by atoms with van der Waals surface area (Å²) in [4.78, 5) is 0.195. The Hall–Kier alpha value is -1.85. The van der Waals surface area contributed by atoms with Gasteiger partial charge in [0.2, 0.25) is 10.0 Å². The van der Waals surface area contributed by atoms with E-state index in [0.717, 1.165) is 11.1 Å². The van der Waals surface area contributed by atoms with Gasteiger partial charge in [-0.2, -0.15) is 0 Å². The molecule has 0 saturated heterocycles. The minimum Gasteiger partial charge on any atom is -0.399 e. The van der Waals surface area contributed by atoms with E-state index in [1.165, 1.54) is 6.07 Å². The Bertz CT molecular complexity index is 647. The van der Waals surface area contributed by atoms with E-state index < -0.39 is 10.0 Å². The van der Waals surface area contributed by atoms with Gasteiger partial charge in [0.25, 0.3) is 0 Å². The average molecular weight is 276 g/mol. The zero-order valence-electron chi connectivity index (χ0n) is 10.6. The first-order valence-electron chi connectivity index (χ1n) is 5.88. The van der Waals surface area contributed by atoms with Crippen molar-refractivity contribution in [2.24, 2.45) is 0 Å². The van der Waals surface area contributed by atoms with Gasteiger partial charge < -0.3 is 5.73 Å². The molecule has 0 aliphatic carbocycles. The topological polar surface area (TPSA) is 72.2 Å². The van der Waals surface area contributed by atoms with Crippen molar-refractivity contribution in [3.8, 4) is 0 Å². The van der Waals surface area contributed by atoms with Gasteiger partial charge in [0.1, 0.15) is 0 Å². The van der Waals surface area contributed by atoms with E-state index in [4.69, 9.17) is 5.73 Å². The summed E-state index contributed by atoms with van der Waals surface area (Å²) in [6.45, 7) is 2.07. The van der Waals surface area contributed by atoms with E-state index in [0.29, 0.717) is 5.69 Å². The van der Waals surface area contributed by atoms with Gasteiger partial charge in [-0.15, -0.1) is 0 Å². The van der Waals surface area contributed by atoms with Crippen molar-refractivity contribution in [2.45, 2.75) is 18.4 Å². The molecule has 2 aromatic carbocycles. The molecular weight excluding hydrogens is 260 g/mol. The van der Waals surface area contributed by atoms with Crippen LogP contribution in [0, 0.1) is 6.92 Å². The Balaban J connectivity index is 2.19. The summed E-state index contributed by atoms with van der Waals surface area (Å²) in [5, 5.41) is 0. The second-order valence-corrected chi connectivity index (χ2v) is 6.16. The molecule has 4 nitrogen and oxygen atoms in total. The van der Waals surface area contributed by atoms with Crippen molar-refractivity contribution in [3.63, 3.8) is 0 Å². The van der Waals surface area contributed by atoms with Crippen molar-refractivity contribution in [3.05, 3.63) is 59.7 Å². The maximum absolute atomic E-state index is 12.1. The van der Waals surface area contributed by atoms with Crippen LogP contribution in [0.2, 0.25) is 0 Å². The van der Waals surface area contributed by atoms with Gasteiger partial charge in [-0.1, -0.05) is 30.3 Å². The van der Waals surface area contributed by atoms with E-state index in [1.807, 2.05) is 37.3 Å². The molecule has 0 unspecified atom stereocenters. The minimum atomic E-state index is -3.53. The van der Waals surface area contributed by atoms with Gasteiger partial charge in [-0.25, -0.2) is 13.1 Å². The Morgan fingerprint density at radius 1 is 1.11 bits per heavy atom. The Labute approximate surface area is 113 Å². The monoisotopic (exact) mass is 276 g/mol. The predicted molar refractivity (Wildman–Crippen MR) is 76.1 cm³/mol.